The van der Waals surface area contributed by atoms with E-state index < -0.39 is 5.97 Å². The molecule has 0 aliphatic carbocycles. The Bertz CT molecular complexity index is 218. The molecule has 88 valence electrons. The maximum atomic E-state index is 10.6. The highest BCUT2D eigenvalue weighted by Crippen LogP contribution is 2.23. The highest BCUT2D eigenvalue weighted by molar-refractivity contribution is 5.69. The van der Waals surface area contributed by atoms with Crippen LogP contribution in [0.3, 0.4) is 0 Å². The monoisotopic (exact) mass is 215 g/mol. The Morgan fingerprint density at radius 1 is 1.53 bits per heavy atom. The molecule has 1 rings (SSSR count). The van der Waals surface area contributed by atoms with Crippen molar-refractivity contribution in [3.63, 3.8) is 0 Å². The van der Waals surface area contributed by atoms with E-state index >= 15 is 0 Å². The molecule has 0 radical (unpaired) electrons. The van der Waals surface area contributed by atoms with E-state index in [1.807, 2.05) is 4.90 Å². The van der Waals surface area contributed by atoms with Crippen molar-refractivity contribution in [2.75, 3.05) is 19.6 Å². The molecule has 0 spiro atoms. The summed E-state index contributed by atoms with van der Waals surface area (Å²) in [6.07, 6.45) is 1.42. The van der Waals surface area contributed by atoms with E-state index in [0.29, 0.717) is 25.4 Å². The number of aliphatic carboxylic acids is 1. The number of piperidine rings is 1. The fourth-order valence-corrected chi connectivity index (χ4v) is 2.27. The lowest BCUT2D eigenvalue weighted by Gasteiger charge is -2.36. The van der Waals surface area contributed by atoms with Crippen LogP contribution in [-0.2, 0) is 4.79 Å². The topological polar surface area (TPSA) is 60.8 Å². The maximum Gasteiger partial charge on any atom is 0.317 e. The number of likely N-dealkylation sites (tertiary alicyclic amines) is 1. The van der Waals surface area contributed by atoms with Crippen LogP contribution < -0.4 is 0 Å². The second-order valence-electron chi connectivity index (χ2n) is 4.87. The highest BCUT2D eigenvalue weighted by Gasteiger charge is 2.28. The van der Waals surface area contributed by atoms with Crippen LogP contribution in [0.25, 0.3) is 0 Å². The predicted molar refractivity (Wildman–Crippen MR) is 57.6 cm³/mol. The molecule has 1 aliphatic rings. The zero-order chi connectivity index (χ0) is 11.4. The third kappa shape index (κ3) is 4.18. The summed E-state index contributed by atoms with van der Waals surface area (Å²) in [5.41, 5.74) is 0. The van der Waals surface area contributed by atoms with Gasteiger partial charge in [-0.2, -0.15) is 0 Å². The molecule has 0 aromatic rings. The number of nitrogens with zero attached hydrogens (tertiary/aromatic N) is 1. The number of hydrogen-bond donors (Lipinski definition) is 2. The summed E-state index contributed by atoms with van der Waals surface area (Å²) in [5.74, 6) is 0.00205. The number of aliphatic hydroxyl groups excluding tert-OH is 1. The lowest BCUT2D eigenvalue weighted by atomic mass is 9.87. The van der Waals surface area contributed by atoms with Crippen LogP contribution in [0.1, 0.15) is 26.7 Å². The molecule has 4 nitrogen and oxygen atoms in total. The summed E-state index contributed by atoms with van der Waals surface area (Å²) in [6, 6.07) is 0. The molecular weight excluding hydrogens is 194 g/mol. The number of carbonyl (C=O) groups is 1. The van der Waals surface area contributed by atoms with Crippen molar-refractivity contribution in [2.45, 2.75) is 32.8 Å². The van der Waals surface area contributed by atoms with E-state index in [2.05, 4.69) is 13.8 Å². The predicted octanol–water partition coefficient (Wildman–Crippen LogP) is 0.800. The number of hydrogen-bond acceptors (Lipinski definition) is 3. The van der Waals surface area contributed by atoms with Gasteiger partial charge in [0.25, 0.3) is 0 Å². The highest BCUT2D eigenvalue weighted by atomic mass is 16.4. The first-order valence-corrected chi connectivity index (χ1v) is 5.61. The van der Waals surface area contributed by atoms with Crippen LogP contribution in [0.5, 0.6) is 0 Å². The normalized spacial score (nSPS) is 28.3. The van der Waals surface area contributed by atoms with Crippen molar-refractivity contribution in [1.82, 2.24) is 4.90 Å². The Labute approximate surface area is 90.9 Å². The number of carboxylic acids is 1. The molecule has 1 fully saturated rings. The van der Waals surface area contributed by atoms with Crippen LogP contribution in [0, 0.1) is 11.8 Å². The summed E-state index contributed by atoms with van der Waals surface area (Å²) in [7, 11) is 0. The summed E-state index contributed by atoms with van der Waals surface area (Å²) in [5, 5.41) is 18.5. The Kier molecular flexibility index (Phi) is 4.54. The van der Waals surface area contributed by atoms with Gasteiger partial charge in [0.15, 0.2) is 0 Å². The zero-order valence-electron chi connectivity index (χ0n) is 9.52. The van der Waals surface area contributed by atoms with Gasteiger partial charge in [-0.25, -0.2) is 0 Å². The van der Waals surface area contributed by atoms with Gasteiger partial charge in [0.2, 0.25) is 0 Å². The average molecular weight is 215 g/mol. The minimum Gasteiger partial charge on any atom is -0.480 e. The fourth-order valence-electron chi connectivity index (χ4n) is 2.27. The Morgan fingerprint density at radius 3 is 2.73 bits per heavy atom. The molecule has 2 N–H and O–H groups in total. The molecule has 1 saturated heterocycles. The van der Waals surface area contributed by atoms with Gasteiger partial charge < -0.3 is 10.2 Å². The second-order valence-corrected chi connectivity index (χ2v) is 4.87. The molecule has 1 heterocycles. The summed E-state index contributed by atoms with van der Waals surface area (Å²) in [6.45, 7) is 5.76. The molecule has 0 amide bonds. The van der Waals surface area contributed by atoms with E-state index in [4.69, 9.17) is 5.11 Å². The lowest BCUT2D eigenvalue weighted by Crippen LogP contribution is -2.45. The Hall–Kier alpha value is -0.610. The molecule has 15 heavy (non-hydrogen) atoms. The minimum atomic E-state index is -0.783. The first-order valence-electron chi connectivity index (χ1n) is 5.61. The van der Waals surface area contributed by atoms with E-state index in [1.165, 1.54) is 0 Å². The van der Waals surface area contributed by atoms with Gasteiger partial charge in [-0.3, -0.25) is 9.69 Å². The summed E-state index contributed by atoms with van der Waals surface area (Å²) >= 11 is 0. The zero-order valence-corrected chi connectivity index (χ0v) is 9.52. The third-order valence-corrected chi connectivity index (χ3v) is 2.91. The molecule has 0 unspecified atom stereocenters. The number of carboxylic acid groups (broad SMARTS) is 1. The first-order chi connectivity index (χ1) is 6.99. The van der Waals surface area contributed by atoms with Gasteiger partial charge in [0, 0.05) is 13.1 Å². The SMILES string of the molecule is CC(C)C[C@@H]1CN(CC(=O)O)CC[C@H]1O. The van der Waals surface area contributed by atoms with E-state index in [0.717, 1.165) is 6.42 Å². The van der Waals surface area contributed by atoms with Crippen molar-refractivity contribution in [3.8, 4) is 0 Å². The van der Waals surface area contributed by atoms with Crippen LogP contribution in [0.15, 0.2) is 0 Å². The molecule has 4 heteroatoms. The molecule has 0 aromatic carbocycles. The summed E-state index contributed by atoms with van der Waals surface area (Å²) < 4.78 is 0. The van der Waals surface area contributed by atoms with E-state index in [9.17, 15) is 9.90 Å². The number of rotatable bonds is 4. The smallest absolute Gasteiger partial charge is 0.317 e. The van der Waals surface area contributed by atoms with Gasteiger partial charge in [-0.05, 0) is 24.7 Å². The molecule has 0 saturated carbocycles. The summed E-state index contributed by atoms with van der Waals surface area (Å²) in [4.78, 5) is 12.5. The minimum absolute atomic E-state index is 0.0985. The van der Waals surface area contributed by atoms with Crippen LogP contribution in [0.2, 0.25) is 0 Å². The maximum absolute atomic E-state index is 10.6. The van der Waals surface area contributed by atoms with Crippen LogP contribution in [0.4, 0.5) is 0 Å². The number of aliphatic hydroxyl groups is 1. The van der Waals surface area contributed by atoms with Gasteiger partial charge in [0.1, 0.15) is 0 Å². The molecular formula is C11H21NO3. The Balaban J connectivity index is 2.44. The molecule has 2 atom stereocenters. The molecule has 0 aromatic heterocycles. The third-order valence-electron chi connectivity index (χ3n) is 2.91. The van der Waals surface area contributed by atoms with Gasteiger partial charge in [0.05, 0.1) is 12.6 Å². The van der Waals surface area contributed by atoms with Crippen molar-refractivity contribution < 1.29 is 15.0 Å². The second kappa shape index (κ2) is 5.47. The lowest BCUT2D eigenvalue weighted by molar-refractivity contribution is -0.139. The van der Waals surface area contributed by atoms with Gasteiger partial charge in [-0.1, -0.05) is 13.8 Å². The van der Waals surface area contributed by atoms with Gasteiger partial charge >= 0.3 is 5.97 Å². The van der Waals surface area contributed by atoms with E-state index in [1.54, 1.807) is 0 Å². The van der Waals surface area contributed by atoms with Crippen molar-refractivity contribution in [2.24, 2.45) is 11.8 Å². The average Bonchev–Trinajstić information content (AvgIpc) is 2.09. The van der Waals surface area contributed by atoms with Gasteiger partial charge in [-0.15, -0.1) is 0 Å². The molecule has 1 aliphatic heterocycles. The van der Waals surface area contributed by atoms with Crippen molar-refractivity contribution >= 4 is 5.97 Å². The quantitative estimate of drug-likeness (QED) is 0.728. The van der Waals surface area contributed by atoms with Crippen LogP contribution >= 0.6 is 0 Å². The molecule has 0 bridgehead atoms. The largest absolute Gasteiger partial charge is 0.480 e. The standard InChI is InChI=1S/C11H21NO3/c1-8(2)5-9-6-12(7-11(14)15)4-3-10(9)13/h8-10,13H,3-7H2,1-2H3,(H,14,15)/t9-,10-/m1/s1. The fraction of sp³-hybridized carbons (Fsp3) is 0.909. The van der Waals surface area contributed by atoms with Crippen molar-refractivity contribution in [1.29, 1.82) is 0 Å². The van der Waals surface area contributed by atoms with Crippen LogP contribution in [-0.4, -0.2) is 46.8 Å². The van der Waals surface area contributed by atoms with E-state index in [-0.39, 0.29) is 18.6 Å². The Morgan fingerprint density at radius 2 is 2.20 bits per heavy atom. The van der Waals surface area contributed by atoms with Crippen molar-refractivity contribution in [3.05, 3.63) is 0 Å². The first kappa shape index (κ1) is 12.5.